The smallest absolute Gasteiger partial charge is 0.265 e. The molecule has 1 heterocycles. The van der Waals surface area contributed by atoms with E-state index in [1.54, 1.807) is 0 Å². The molecule has 0 aliphatic rings. The monoisotopic (exact) mass is 420 g/mol. The number of benzene rings is 2. The van der Waals surface area contributed by atoms with Gasteiger partial charge >= 0.3 is 0 Å². The number of amides is 1. The number of para-hydroxylation sites is 2. The van der Waals surface area contributed by atoms with Crippen molar-refractivity contribution in [2.75, 3.05) is 5.75 Å². The number of aromatic nitrogens is 2. The molecular weight excluding hydrogens is 396 g/mol. The van der Waals surface area contributed by atoms with Crippen LogP contribution in [0.5, 0.6) is 0 Å². The predicted octanol–water partition coefficient (Wildman–Crippen LogP) is 4.44. The van der Waals surface area contributed by atoms with Crippen molar-refractivity contribution in [1.82, 2.24) is 14.9 Å². The van der Waals surface area contributed by atoms with Crippen LogP contribution in [0.1, 0.15) is 19.4 Å². The van der Waals surface area contributed by atoms with Crippen LogP contribution < -0.4 is 5.32 Å². The van der Waals surface area contributed by atoms with Gasteiger partial charge in [-0.25, -0.2) is 4.98 Å². The average molecular weight is 421 g/mol. The maximum Gasteiger partial charge on any atom is 0.265 e. The highest BCUT2D eigenvalue weighted by Gasteiger charge is 2.17. The number of aliphatic hydroxyl groups is 1. The molecule has 0 aliphatic heterocycles. The number of fused-ring (bicyclic) bond motifs is 1. The van der Waals surface area contributed by atoms with Crippen LogP contribution in [-0.4, -0.2) is 26.3 Å². The summed E-state index contributed by atoms with van der Waals surface area (Å²) in [4.78, 5) is 17.0. The molecule has 0 saturated carbocycles. The summed E-state index contributed by atoms with van der Waals surface area (Å²) in [5, 5.41) is 23.2. The lowest BCUT2D eigenvalue weighted by molar-refractivity contribution is -0.117. The number of nitriles is 1. The summed E-state index contributed by atoms with van der Waals surface area (Å²) in [6.07, 6.45) is 0. The minimum atomic E-state index is -0.588. The van der Waals surface area contributed by atoms with Gasteiger partial charge < -0.3 is 15.0 Å². The van der Waals surface area contributed by atoms with E-state index in [1.807, 2.05) is 60.7 Å². The summed E-state index contributed by atoms with van der Waals surface area (Å²) < 4.78 is 2.11. The maximum absolute atomic E-state index is 12.4. The van der Waals surface area contributed by atoms with E-state index in [-0.39, 0.29) is 23.6 Å². The number of hydrogen-bond acceptors (Lipinski definition) is 5. The minimum Gasteiger partial charge on any atom is -0.510 e. The zero-order chi connectivity index (χ0) is 21.5. The Bertz CT molecular complexity index is 1100. The lowest BCUT2D eigenvalue weighted by atomic mass is 10.2. The summed E-state index contributed by atoms with van der Waals surface area (Å²) in [7, 11) is 0. The van der Waals surface area contributed by atoms with Crippen molar-refractivity contribution in [3.05, 3.63) is 71.5 Å². The molecule has 154 valence electrons. The minimum absolute atomic E-state index is 0.0864. The Labute approximate surface area is 180 Å². The van der Waals surface area contributed by atoms with Crippen LogP contribution in [0.4, 0.5) is 0 Å². The number of aliphatic hydroxyl groups excluding tert-OH is 1. The van der Waals surface area contributed by atoms with Crippen LogP contribution in [-0.2, 0) is 17.9 Å². The molecule has 0 fully saturated rings. The van der Waals surface area contributed by atoms with E-state index in [0.717, 1.165) is 28.3 Å². The molecule has 7 heteroatoms. The van der Waals surface area contributed by atoms with Crippen LogP contribution in [0.3, 0.4) is 0 Å². The molecule has 0 saturated heterocycles. The van der Waals surface area contributed by atoms with E-state index < -0.39 is 5.91 Å². The van der Waals surface area contributed by atoms with E-state index in [1.165, 1.54) is 11.8 Å². The number of rotatable bonds is 8. The molecular formula is C23H24N4O2S. The first-order valence-electron chi connectivity index (χ1n) is 9.72. The third-order valence-corrected chi connectivity index (χ3v) is 5.42. The van der Waals surface area contributed by atoms with Gasteiger partial charge in [0.1, 0.15) is 11.8 Å². The molecule has 0 spiro atoms. The standard InChI is InChI=1S/C23H24N4O2S/c1-16(2)14-27-20-11-7-6-10-19(20)26-23(27)30-15-21(28)18(12-24)22(29)25-13-17-8-4-3-5-9-17/h3-11,16,28H,13-15H2,1-2H3,(H,25,29)/b21-18-. The fourth-order valence-corrected chi connectivity index (χ4v) is 3.92. The second-order valence-electron chi connectivity index (χ2n) is 7.28. The second kappa shape index (κ2) is 9.99. The van der Waals surface area contributed by atoms with Crippen molar-refractivity contribution in [3.8, 4) is 6.07 Å². The lowest BCUT2D eigenvalue weighted by Crippen LogP contribution is -2.25. The van der Waals surface area contributed by atoms with Crippen molar-refractivity contribution < 1.29 is 9.90 Å². The van der Waals surface area contributed by atoms with Gasteiger partial charge in [0.05, 0.1) is 16.8 Å². The zero-order valence-corrected chi connectivity index (χ0v) is 17.8. The number of carbonyl (C=O) groups excluding carboxylic acids is 1. The molecule has 6 nitrogen and oxygen atoms in total. The third-order valence-electron chi connectivity index (χ3n) is 4.43. The molecule has 0 radical (unpaired) electrons. The first-order chi connectivity index (χ1) is 14.5. The SMILES string of the molecule is CC(C)Cn1c(SC/C(O)=C(\C#N)C(=O)NCc2ccccc2)nc2ccccc21. The number of thioether (sulfide) groups is 1. The number of imidazole rings is 1. The highest BCUT2D eigenvalue weighted by molar-refractivity contribution is 7.99. The number of hydrogen-bond donors (Lipinski definition) is 2. The van der Waals surface area contributed by atoms with Gasteiger partial charge in [-0.15, -0.1) is 0 Å². The van der Waals surface area contributed by atoms with E-state index in [4.69, 9.17) is 0 Å². The molecule has 30 heavy (non-hydrogen) atoms. The Morgan fingerprint density at radius 3 is 2.60 bits per heavy atom. The van der Waals surface area contributed by atoms with Gasteiger partial charge in [-0.05, 0) is 23.6 Å². The second-order valence-corrected chi connectivity index (χ2v) is 8.22. The highest BCUT2D eigenvalue weighted by atomic mass is 32.2. The fourth-order valence-electron chi connectivity index (χ4n) is 3.02. The van der Waals surface area contributed by atoms with E-state index in [0.29, 0.717) is 5.92 Å². The van der Waals surface area contributed by atoms with Crippen LogP contribution in [0.15, 0.2) is 71.1 Å². The van der Waals surface area contributed by atoms with Gasteiger partial charge in [-0.1, -0.05) is 68.1 Å². The van der Waals surface area contributed by atoms with Gasteiger partial charge in [-0.2, -0.15) is 5.26 Å². The maximum atomic E-state index is 12.4. The highest BCUT2D eigenvalue weighted by Crippen LogP contribution is 2.26. The van der Waals surface area contributed by atoms with Gasteiger partial charge in [0.15, 0.2) is 10.7 Å². The van der Waals surface area contributed by atoms with Gasteiger partial charge in [-0.3, -0.25) is 4.79 Å². The molecule has 0 atom stereocenters. The van der Waals surface area contributed by atoms with Gasteiger partial charge in [0, 0.05) is 13.1 Å². The van der Waals surface area contributed by atoms with Crippen molar-refractivity contribution in [2.45, 2.75) is 32.1 Å². The van der Waals surface area contributed by atoms with Crippen molar-refractivity contribution in [2.24, 2.45) is 5.92 Å². The van der Waals surface area contributed by atoms with Crippen LogP contribution in [0.25, 0.3) is 11.0 Å². The number of carbonyl (C=O) groups is 1. The predicted molar refractivity (Wildman–Crippen MR) is 119 cm³/mol. The first kappa shape index (κ1) is 21.5. The van der Waals surface area contributed by atoms with Crippen LogP contribution in [0.2, 0.25) is 0 Å². The number of nitrogens with zero attached hydrogens (tertiary/aromatic N) is 3. The molecule has 3 rings (SSSR count). The largest absolute Gasteiger partial charge is 0.510 e. The molecule has 0 aliphatic carbocycles. The molecule has 1 aromatic heterocycles. The summed E-state index contributed by atoms with van der Waals surface area (Å²) in [5.41, 5.74) is 2.55. The summed E-state index contributed by atoms with van der Waals surface area (Å²) in [6, 6.07) is 19.1. The van der Waals surface area contributed by atoms with Gasteiger partial charge in [0.25, 0.3) is 5.91 Å². The summed E-state index contributed by atoms with van der Waals surface area (Å²) in [5.74, 6) is -0.334. The Hall–Kier alpha value is -3.24. The quantitative estimate of drug-likeness (QED) is 0.243. The van der Waals surface area contributed by atoms with Crippen molar-refractivity contribution in [1.29, 1.82) is 5.26 Å². The van der Waals surface area contributed by atoms with Gasteiger partial charge in [0.2, 0.25) is 0 Å². The fraction of sp³-hybridized carbons (Fsp3) is 0.261. The Kier molecular flexibility index (Phi) is 7.15. The van der Waals surface area contributed by atoms with E-state index in [9.17, 15) is 15.2 Å². The third kappa shape index (κ3) is 5.22. The summed E-state index contributed by atoms with van der Waals surface area (Å²) >= 11 is 1.31. The molecule has 3 aromatic rings. The van der Waals surface area contributed by atoms with Crippen LogP contribution >= 0.6 is 11.8 Å². The Balaban J connectivity index is 1.74. The van der Waals surface area contributed by atoms with Crippen LogP contribution in [0, 0.1) is 17.2 Å². The molecule has 2 aromatic carbocycles. The number of nitrogens with one attached hydrogen (secondary N) is 1. The summed E-state index contributed by atoms with van der Waals surface area (Å²) in [6.45, 7) is 5.34. The average Bonchev–Trinajstić information content (AvgIpc) is 3.09. The van der Waals surface area contributed by atoms with E-state index >= 15 is 0 Å². The lowest BCUT2D eigenvalue weighted by Gasteiger charge is -2.11. The normalized spacial score (nSPS) is 11.9. The zero-order valence-electron chi connectivity index (χ0n) is 17.0. The van der Waals surface area contributed by atoms with Crippen molar-refractivity contribution >= 4 is 28.7 Å². The molecule has 2 N–H and O–H groups in total. The first-order valence-corrected chi connectivity index (χ1v) is 10.7. The molecule has 1 amide bonds. The molecule has 0 bridgehead atoms. The Morgan fingerprint density at radius 2 is 1.90 bits per heavy atom. The topological polar surface area (TPSA) is 90.9 Å². The van der Waals surface area contributed by atoms with Crippen molar-refractivity contribution in [3.63, 3.8) is 0 Å². The van der Waals surface area contributed by atoms with E-state index in [2.05, 4.69) is 28.7 Å². The molecule has 0 unspecified atom stereocenters. The Morgan fingerprint density at radius 1 is 1.20 bits per heavy atom.